The van der Waals surface area contributed by atoms with Gasteiger partial charge in [-0.2, -0.15) is 0 Å². The smallest absolute Gasteiger partial charge is 0.335 e. The summed E-state index contributed by atoms with van der Waals surface area (Å²) < 4.78 is 0. The summed E-state index contributed by atoms with van der Waals surface area (Å²) in [4.78, 5) is 37.3. The number of benzene rings is 1. The molecule has 0 aromatic heterocycles. The molecule has 1 aliphatic rings. The van der Waals surface area contributed by atoms with Gasteiger partial charge in [-0.25, -0.2) is 4.79 Å². The van der Waals surface area contributed by atoms with E-state index in [-0.39, 0.29) is 35.6 Å². The molecule has 0 spiro atoms. The molecular weight excluding hydrogens is 320 g/mol. The zero-order chi connectivity index (χ0) is 18.4. The quantitative estimate of drug-likeness (QED) is 0.824. The Morgan fingerprint density at radius 3 is 2.68 bits per heavy atom. The number of carbonyl (C=O) groups is 3. The molecule has 2 rings (SSSR count). The molecule has 6 nitrogen and oxygen atoms in total. The Kier molecular flexibility index (Phi) is 6.56. The molecule has 0 bridgehead atoms. The molecule has 1 saturated heterocycles. The molecule has 25 heavy (non-hydrogen) atoms. The third kappa shape index (κ3) is 5.31. The highest BCUT2D eigenvalue weighted by atomic mass is 16.4. The van der Waals surface area contributed by atoms with E-state index in [9.17, 15) is 19.5 Å². The molecule has 1 aliphatic heterocycles. The highest BCUT2D eigenvalue weighted by Gasteiger charge is 2.25. The van der Waals surface area contributed by atoms with Gasteiger partial charge in [0.15, 0.2) is 0 Å². The van der Waals surface area contributed by atoms with E-state index < -0.39 is 5.97 Å². The number of carboxylic acid groups (broad SMARTS) is 1. The van der Waals surface area contributed by atoms with Gasteiger partial charge in [-0.1, -0.05) is 32.0 Å². The fourth-order valence-corrected chi connectivity index (χ4v) is 3.07. The molecule has 2 amide bonds. The Bertz CT molecular complexity index is 642. The molecule has 0 aliphatic carbocycles. The summed E-state index contributed by atoms with van der Waals surface area (Å²) in [5.41, 5.74) is 0.712. The number of amides is 2. The molecule has 136 valence electrons. The molecule has 1 heterocycles. The molecule has 0 saturated carbocycles. The van der Waals surface area contributed by atoms with Gasteiger partial charge in [0.25, 0.3) is 0 Å². The zero-order valence-corrected chi connectivity index (χ0v) is 14.8. The Hall–Kier alpha value is -2.37. The standard InChI is InChI=1S/C19H26N2O4/c1-13(2)18(23)20-11-14-6-5-9-21(12-14)17(22)10-15-7-3-4-8-16(15)19(24)25/h3-4,7-8,13-14H,5-6,9-12H2,1-2H3,(H,20,23)(H,24,25). The Labute approximate surface area is 148 Å². The van der Waals surface area contributed by atoms with Crippen LogP contribution in [0.15, 0.2) is 24.3 Å². The first-order valence-electron chi connectivity index (χ1n) is 8.75. The van der Waals surface area contributed by atoms with Gasteiger partial charge < -0.3 is 15.3 Å². The van der Waals surface area contributed by atoms with Gasteiger partial charge in [0.2, 0.25) is 11.8 Å². The second-order valence-corrected chi connectivity index (χ2v) is 6.89. The van der Waals surface area contributed by atoms with Crippen molar-refractivity contribution in [2.24, 2.45) is 11.8 Å². The fourth-order valence-electron chi connectivity index (χ4n) is 3.07. The lowest BCUT2D eigenvalue weighted by molar-refractivity contribution is -0.132. The summed E-state index contributed by atoms with van der Waals surface area (Å²) in [6.07, 6.45) is 1.97. The first-order valence-corrected chi connectivity index (χ1v) is 8.75. The van der Waals surface area contributed by atoms with E-state index in [0.717, 1.165) is 12.8 Å². The summed E-state index contributed by atoms with van der Waals surface area (Å²) in [5, 5.41) is 12.2. The Morgan fingerprint density at radius 2 is 2.00 bits per heavy atom. The third-order valence-electron chi connectivity index (χ3n) is 4.55. The van der Waals surface area contributed by atoms with Crippen molar-refractivity contribution < 1.29 is 19.5 Å². The van der Waals surface area contributed by atoms with Crippen molar-refractivity contribution in [2.75, 3.05) is 19.6 Å². The zero-order valence-electron chi connectivity index (χ0n) is 14.8. The number of nitrogens with zero attached hydrogens (tertiary/aromatic N) is 1. The second kappa shape index (κ2) is 8.65. The minimum Gasteiger partial charge on any atom is -0.478 e. The lowest BCUT2D eigenvalue weighted by Gasteiger charge is -2.33. The van der Waals surface area contributed by atoms with Gasteiger partial charge >= 0.3 is 5.97 Å². The highest BCUT2D eigenvalue weighted by Crippen LogP contribution is 2.18. The number of aromatic carboxylic acids is 1. The maximum atomic E-state index is 12.6. The van der Waals surface area contributed by atoms with Crippen LogP contribution in [0.5, 0.6) is 0 Å². The van der Waals surface area contributed by atoms with Crippen LogP contribution in [0, 0.1) is 11.8 Å². The lowest BCUT2D eigenvalue weighted by atomic mass is 9.96. The maximum Gasteiger partial charge on any atom is 0.335 e. The van der Waals surface area contributed by atoms with Crippen molar-refractivity contribution in [1.82, 2.24) is 10.2 Å². The number of hydrogen-bond donors (Lipinski definition) is 2. The van der Waals surface area contributed by atoms with Gasteiger partial charge in [-0.05, 0) is 30.4 Å². The number of likely N-dealkylation sites (tertiary alicyclic amines) is 1. The molecule has 2 N–H and O–H groups in total. The van der Waals surface area contributed by atoms with E-state index in [4.69, 9.17) is 0 Å². The van der Waals surface area contributed by atoms with Gasteiger partial charge in [-0.3, -0.25) is 9.59 Å². The van der Waals surface area contributed by atoms with Crippen molar-refractivity contribution in [3.8, 4) is 0 Å². The molecule has 1 aromatic rings. The van der Waals surface area contributed by atoms with Crippen molar-refractivity contribution in [1.29, 1.82) is 0 Å². The van der Waals surface area contributed by atoms with Crippen LogP contribution in [0.3, 0.4) is 0 Å². The van der Waals surface area contributed by atoms with Gasteiger partial charge in [-0.15, -0.1) is 0 Å². The number of hydrogen-bond acceptors (Lipinski definition) is 3. The van der Waals surface area contributed by atoms with Crippen LogP contribution in [-0.4, -0.2) is 47.4 Å². The SMILES string of the molecule is CC(C)C(=O)NCC1CCCN(C(=O)Cc2ccccc2C(=O)O)C1. The van der Waals surface area contributed by atoms with Crippen LogP contribution >= 0.6 is 0 Å². The van der Waals surface area contributed by atoms with Crippen LogP contribution in [-0.2, 0) is 16.0 Å². The van der Waals surface area contributed by atoms with Crippen LogP contribution in [0.25, 0.3) is 0 Å². The Morgan fingerprint density at radius 1 is 1.28 bits per heavy atom. The Balaban J connectivity index is 1.93. The summed E-state index contributed by atoms with van der Waals surface area (Å²) in [7, 11) is 0. The molecule has 0 radical (unpaired) electrons. The second-order valence-electron chi connectivity index (χ2n) is 6.89. The maximum absolute atomic E-state index is 12.6. The number of carbonyl (C=O) groups excluding carboxylic acids is 2. The van der Waals surface area contributed by atoms with Gasteiger partial charge in [0, 0.05) is 25.6 Å². The van der Waals surface area contributed by atoms with Crippen molar-refractivity contribution >= 4 is 17.8 Å². The van der Waals surface area contributed by atoms with E-state index >= 15 is 0 Å². The summed E-state index contributed by atoms with van der Waals surface area (Å²) in [6, 6.07) is 6.61. The average Bonchev–Trinajstić information content (AvgIpc) is 2.60. The average molecular weight is 346 g/mol. The summed E-state index contributed by atoms with van der Waals surface area (Å²) in [5.74, 6) is -0.854. The van der Waals surface area contributed by atoms with Crippen molar-refractivity contribution in [3.63, 3.8) is 0 Å². The number of carboxylic acids is 1. The van der Waals surface area contributed by atoms with Crippen LogP contribution in [0.2, 0.25) is 0 Å². The first-order chi connectivity index (χ1) is 11.9. The minimum absolute atomic E-state index is 0.0267. The molecule has 1 aromatic carbocycles. The number of piperidine rings is 1. The fraction of sp³-hybridized carbons (Fsp3) is 0.526. The third-order valence-corrected chi connectivity index (χ3v) is 4.55. The van der Waals surface area contributed by atoms with E-state index in [1.54, 1.807) is 23.1 Å². The predicted octanol–water partition coefficient (Wildman–Crippen LogP) is 1.94. The molecule has 1 atom stereocenters. The molecule has 1 fully saturated rings. The van der Waals surface area contributed by atoms with E-state index in [1.165, 1.54) is 6.07 Å². The molecule has 6 heteroatoms. The minimum atomic E-state index is -1.02. The van der Waals surface area contributed by atoms with E-state index in [1.807, 2.05) is 13.8 Å². The number of rotatable bonds is 6. The van der Waals surface area contributed by atoms with Crippen LogP contribution in [0.4, 0.5) is 0 Å². The lowest BCUT2D eigenvalue weighted by Crippen LogP contribution is -2.44. The van der Waals surface area contributed by atoms with Crippen molar-refractivity contribution in [2.45, 2.75) is 33.1 Å². The molecular formula is C19H26N2O4. The number of nitrogens with one attached hydrogen (secondary N) is 1. The van der Waals surface area contributed by atoms with Crippen molar-refractivity contribution in [3.05, 3.63) is 35.4 Å². The molecule has 1 unspecified atom stereocenters. The monoisotopic (exact) mass is 346 g/mol. The summed E-state index contributed by atoms with van der Waals surface area (Å²) in [6.45, 7) is 5.57. The largest absolute Gasteiger partial charge is 0.478 e. The van der Waals surface area contributed by atoms with Crippen LogP contribution in [0.1, 0.15) is 42.6 Å². The van der Waals surface area contributed by atoms with Gasteiger partial charge in [0.05, 0.1) is 12.0 Å². The van der Waals surface area contributed by atoms with E-state index in [0.29, 0.717) is 25.2 Å². The topological polar surface area (TPSA) is 86.7 Å². The first kappa shape index (κ1) is 19.0. The highest BCUT2D eigenvalue weighted by molar-refractivity contribution is 5.91. The van der Waals surface area contributed by atoms with Crippen LogP contribution < -0.4 is 5.32 Å². The van der Waals surface area contributed by atoms with E-state index in [2.05, 4.69) is 5.32 Å². The van der Waals surface area contributed by atoms with Gasteiger partial charge in [0.1, 0.15) is 0 Å². The normalized spacial score (nSPS) is 17.4. The summed E-state index contributed by atoms with van der Waals surface area (Å²) >= 11 is 0. The predicted molar refractivity (Wildman–Crippen MR) is 94.3 cm³/mol.